The topological polar surface area (TPSA) is 18.5 Å². The van der Waals surface area contributed by atoms with Gasteiger partial charge in [-0.25, -0.2) is 0 Å². The maximum atomic E-state index is 5.97. The minimum atomic E-state index is 0.184. The van der Waals surface area contributed by atoms with Crippen LogP contribution in [0.15, 0.2) is 24.3 Å². The highest BCUT2D eigenvalue weighted by molar-refractivity contribution is 7.80. The Morgan fingerprint density at radius 3 is 2.65 bits per heavy atom. The third kappa shape index (κ3) is 3.17. The van der Waals surface area contributed by atoms with Crippen molar-refractivity contribution in [2.75, 3.05) is 25.6 Å². The average molecular weight is 252 g/mol. The van der Waals surface area contributed by atoms with Crippen molar-refractivity contribution in [2.45, 2.75) is 19.8 Å². The average Bonchev–Trinajstić information content (AvgIpc) is 2.39. The Kier molecular flexibility index (Phi) is 4.35. The van der Waals surface area contributed by atoms with Crippen LogP contribution in [-0.2, 0) is 4.74 Å². The smallest absolute Gasteiger partial charge is 0.122 e. The van der Waals surface area contributed by atoms with E-state index in [2.05, 4.69) is 25.6 Å². The molecule has 1 saturated heterocycles. The molecule has 1 aromatic carbocycles. The summed E-state index contributed by atoms with van der Waals surface area (Å²) in [6.07, 6.45) is 2.09. The van der Waals surface area contributed by atoms with Crippen molar-refractivity contribution in [3.8, 4) is 5.75 Å². The Hall–Kier alpha value is -0.670. The van der Waals surface area contributed by atoms with E-state index in [1.165, 1.54) is 5.56 Å². The van der Waals surface area contributed by atoms with Gasteiger partial charge >= 0.3 is 0 Å². The van der Waals surface area contributed by atoms with Gasteiger partial charge in [-0.05, 0) is 37.1 Å². The molecule has 94 valence electrons. The van der Waals surface area contributed by atoms with E-state index in [9.17, 15) is 0 Å². The monoisotopic (exact) mass is 252 g/mol. The minimum absolute atomic E-state index is 0.184. The molecule has 0 bridgehead atoms. The van der Waals surface area contributed by atoms with Crippen LogP contribution in [0.25, 0.3) is 0 Å². The zero-order chi connectivity index (χ0) is 12.1. The maximum Gasteiger partial charge on any atom is 0.122 e. The van der Waals surface area contributed by atoms with E-state index in [-0.39, 0.29) is 5.41 Å². The van der Waals surface area contributed by atoms with Crippen molar-refractivity contribution in [1.82, 2.24) is 0 Å². The second kappa shape index (κ2) is 5.78. The number of hydrogen-bond donors (Lipinski definition) is 1. The molecule has 1 aromatic rings. The first-order valence-electron chi connectivity index (χ1n) is 6.13. The van der Waals surface area contributed by atoms with Gasteiger partial charge in [-0.1, -0.05) is 18.2 Å². The number of hydrogen-bond acceptors (Lipinski definition) is 3. The summed E-state index contributed by atoms with van der Waals surface area (Å²) < 4.78 is 11.4. The Labute approximate surface area is 109 Å². The van der Waals surface area contributed by atoms with Gasteiger partial charge in [-0.2, -0.15) is 12.6 Å². The largest absolute Gasteiger partial charge is 0.493 e. The summed E-state index contributed by atoms with van der Waals surface area (Å²) in [7, 11) is 0. The summed E-state index contributed by atoms with van der Waals surface area (Å²) in [5, 5.41) is 0. The molecule has 3 heteroatoms. The van der Waals surface area contributed by atoms with E-state index in [1.54, 1.807) is 0 Å². The minimum Gasteiger partial charge on any atom is -0.493 e. The number of thiol groups is 1. The lowest BCUT2D eigenvalue weighted by atomic mass is 9.83. The van der Waals surface area contributed by atoms with Crippen LogP contribution in [0.1, 0.15) is 18.4 Å². The SMILES string of the molecule is Cc1ccccc1OCC1(CS)CCOCC1. The van der Waals surface area contributed by atoms with Gasteiger partial charge in [0.2, 0.25) is 0 Å². The van der Waals surface area contributed by atoms with Gasteiger partial charge in [0, 0.05) is 18.6 Å². The molecule has 0 spiro atoms. The van der Waals surface area contributed by atoms with E-state index in [0.29, 0.717) is 0 Å². The molecule has 0 unspecified atom stereocenters. The third-order valence-corrected chi connectivity index (χ3v) is 4.19. The first-order chi connectivity index (χ1) is 8.26. The van der Waals surface area contributed by atoms with Crippen molar-refractivity contribution >= 4 is 12.6 Å². The van der Waals surface area contributed by atoms with Crippen molar-refractivity contribution in [1.29, 1.82) is 0 Å². The normalized spacial score (nSPS) is 18.9. The Balaban J connectivity index is 1.98. The molecule has 0 aromatic heterocycles. The first kappa shape index (κ1) is 12.8. The van der Waals surface area contributed by atoms with Crippen LogP contribution in [0, 0.1) is 12.3 Å². The van der Waals surface area contributed by atoms with Crippen LogP contribution in [0.4, 0.5) is 0 Å². The highest BCUT2D eigenvalue weighted by Crippen LogP contribution is 2.33. The molecule has 0 atom stereocenters. The number of rotatable bonds is 4. The second-order valence-corrected chi connectivity index (χ2v) is 5.14. The molecule has 0 aliphatic carbocycles. The van der Waals surface area contributed by atoms with Gasteiger partial charge in [0.25, 0.3) is 0 Å². The molecule has 0 saturated carbocycles. The fourth-order valence-corrected chi connectivity index (χ4v) is 2.51. The molecule has 1 heterocycles. The molecule has 1 aliphatic heterocycles. The van der Waals surface area contributed by atoms with Gasteiger partial charge < -0.3 is 9.47 Å². The highest BCUT2D eigenvalue weighted by Gasteiger charge is 2.32. The van der Waals surface area contributed by atoms with Crippen molar-refractivity contribution in [2.24, 2.45) is 5.41 Å². The number of benzene rings is 1. The van der Waals surface area contributed by atoms with E-state index in [1.807, 2.05) is 18.2 Å². The van der Waals surface area contributed by atoms with Gasteiger partial charge in [-0.15, -0.1) is 0 Å². The Bertz CT molecular complexity index is 359. The van der Waals surface area contributed by atoms with E-state index in [4.69, 9.17) is 9.47 Å². The molecule has 17 heavy (non-hydrogen) atoms. The lowest BCUT2D eigenvalue weighted by Gasteiger charge is -2.35. The lowest BCUT2D eigenvalue weighted by Crippen LogP contribution is -2.37. The second-order valence-electron chi connectivity index (χ2n) is 4.82. The molecular formula is C14H20O2S. The molecular weight excluding hydrogens is 232 g/mol. The zero-order valence-corrected chi connectivity index (χ0v) is 11.2. The number of para-hydroxylation sites is 1. The quantitative estimate of drug-likeness (QED) is 0.830. The zero-order valence-electron chi connectivity index (χ0n) is 10.3. The predicted molar refractivity (Wildman–Crippen MR) is 73.0 cm³/mol. The molecule has 0 amide bonds. The summed E-state index contributed by atoms with van der Waals surface area (Å²) in [5.41, 5.74) is 1.37. The summed E-state index contributed by atoms with van der Waals surface area (Å²) in [4.78, 5) is 0. The van der Waals surface area contributed by atoms with Gasteiger partial charge in [0.1, 0.15) is 5.75 Å². The molecule has 1 fully saturated rings. The van der Waals surface area contributed by atoms with Crippen LogP contribution in [0.3, 0.4) is 0 Å². The standard InChI is InChI=1S/C14H20O2S/c1-12-4-2-3-5-13(12)16-10-14(11-17)6-8-15-9-7-14/h2-5,17H,6-11H2,1H3. The van der Waals surface area contributed by atoms with Gasteiger partial charge in [0.15, 0.2) is 0 Å². The Morgan fingerprint density at radius 1 is 1.29 bits per heavy atom. The third-order valence-electron chi connectivity index (χ3n) is 3.52. The van der Waals surface area contributed by atoms with Crippen LogP contribution in [0.2, 0.25) is 0 Å². The Morgan fingerprint density at radius 2 is 2.00 bits per heavy atom. The molecule has 0 radical (unpaired) electrons. The molecule has 0 N–H and O–H groups in total. The predicted octanol–water partition coefficient (Wildman–Crippen LogP) is 3.10. The summed E-state index contributed by atoms with van der Waals surface area (Å²) in [6, 6.07) is 8.15. The van der Waals surface area contributed by atoms with Gasteiger partial charge in [-0.3, -0.25) is 0 Å². The molecule has 1 aliphatic rings. The summed E-state index contributed by atoms with van der Waals surface area (Å²) in [5.74, 6) is 1.85. The van der Waals surface area contributed by atoms with Crippen molar-refractivity contribution in [3.63, 3.8) is 0 Å². The van der Waals surface area contributed by atoms with Crippen molar-refractivity contribution in [3.05, 3.63) is 29.8 Å². The van der Waals surface area contributed by atoms with Crippen LogP contribution < -0.4 is 4.74 Å². The van der Waals surface area contributed by atoms with E-state index < -0.39 is 0 Å². The van der Waals surface area contributed by atoms with E-state index in [0.717, 1.165) is 44.2 Å². The first-order valence-corrected chi connectivity index (χ1v) is 6.76. The maximum absolute atomic E-state index is 5.97. The van der Waals surface area contributed by atoms with Crippen LogP contribution in [0.5, 0.6) is 5.75 Å². The van der Waals surface area contributed by atoms with E-state index >= 15 is 0 Å². The van der Waals surface area contributed by atoms with Crippen LogP contribution in [-0.4, -0.2) is 25.6 Å². The van der Waals surface area contributed by atoms with Crippen LogP contribution >= 0.6 is 12.6 Å². The highest BCUT2D eigenvalue weighted by atomic mass is 32.1. The summed E-state index contributed by atoms with van der Waals surface area (Å²) >= 11 is 4.49. The van der Waals surface area contributed by atoms with Crippen molar-refractivity contribution < 1.29 is 9.47 Å². The molecule has 2 nitrogen and oxygen atoms in total. The number of aryl methyl sites for hydroxylation is 1. The lowest BCUT2D eigenvalue weighted by molar-refractivity contribution is 0.00300. The summed E-state index contributed by atoms with van der Waals surface area (Å²) in [6.45, 7) is 4.48. The number of ether oxygens (including phenoxy) is 2. The van der Waals surface area contributed by atoms with Gasteiger partial charge in [0.05, 0.1) is 6.61 Å². The fraction of sp³-hybridized carbons (Fsp3) is 0.571. The fourth-order valence-electron chi connectivity index (χ4n) is 2.10. The molecule has 2 rings (SSSR count).